The molecule has 0 aliphatic heterocycles. The van der Waals surface area contributed by atoms with Gasteiger partial charge in [0.15, 0.2) is 5.69 Å². The third kappa shape index (κ3) is 5.20. The minimum atomic E-state index is -4.48. The van der Waals surface area contributed by atoms with Gasteiger partial charge in [-0.05, 0) is 49.6 Å². The second kappa shape index (κ2) is 8.15. The van der Waals surface area contributed by atoms with Gasteiger partial charge in [-0.15, -0.1) is 0 Å². The van der Waals surface area contributed by atoms with E-state index in [4.69, 9.17) is 0 Å². The lowest BCUT2D eigenvalue weighted by Crippen LogP contribution is -2.25. The van der Waals surface area contributed by atoms with E-state index in [0.29, 0.717) is 12.1 Å². The van der Waals surface area contributed by atoms with Crippen molar-refractivity contribution in [1.82, 2.24) is 15.1 Å². The number of benzene rings is 1. The van der Waals surface area contributed by atoms with Gasteiger partial charge in [-0.25, -0.2) is 0 Å². The van der Waals surface area contributed by atoms with Crippen LogP contribution in [0.3, 0.4) is 0 Å². The highest BCUT2D eigenvalue weighted by Crippen LogP contribution is 2.42. The average Bonchev–Trinajstić information content (AvgIpc) is 3.37. The standard InChI is InChI=1S/C18H18F5N3O2/c19-17(20)28-13-6-4-12(5-7-13)16(27)24-8-1-9-26-14(11-2-3-11)10-15(25-26)18(21,22)23/h4-7,10-11,17H,1-3,8-9H2,(H,24,27). The largest absolute Gasteiger partial charge is 0.435 e. The van der Waals surface area contributed by atoms with Gasteiger partial charge in [0.2, 0.25) is 0 Å². The van der Waals surface area contributed by atoms with Gasteiger partial charge in [0.05, 0.1) is 0 Å². The number of hydrogen-bond donors (Lipinski definition) is 1. The van der Waals surface area contributed by atoms with Gasteiger partial charge in [0.1, 0.15) is 5.75 Å². The van der Waals surface area contributed by atoms with Gasteiger partial charge in [-0.1, -0.05) is 0 Å². The molecule has 1 amide bonds. The topological polar surface area (TPSA) is 56.2 Å². The van der Waals surface area contributed by atoms with Crippen LogP contribution in [0.5, 0.6) is 5.75 Å². The number of nitrogens with zero attached hydrogens (tertiary/aromatic N) is 2. The molecule has 1 saturated carbocycles. The fourth-order valence-corrected chi connectivity index (χ4v) is 2.78. The molecular weight excluding hydrogens is 385 g/mol. The number of hydrogen-bond acceptors (Lipinski definition) is 3. The molecule has 0 unspecified atom stereocenters. The fraction of sp³-hybridized carbons (Fsp3) is 0.444. The molecule has 1 aromatic carbocycles. The van der Waals surface area contributed by atoms with Crippen molar-refractivity contribution < 1.29 is 31.5 Å². The highest BCUT2D eigenvalue weighted by molar-refractivity contribution is 5.94. The number of ether oxygens (including phenoxy) is 1. The zero-order chi connectivity index (χ0) is 20.3. The molecule has 2 aromatic rings. The van der Waals surface area contributed by atoms with E-state index in [9.17, 15) is 26.7 Å². The lowest BCUT2D eigenvalue weighted by Gasteiger charge is -2.09. The molecule has 0 spiro atoms. The lowest BCUT2D eigenvalue weighted by atomic mass is 10.2. The Balaban J connectivity index is 1.50. The first-order valence-corrected chi connectivity index (χ1v) is 8.72. The molecule has 1 aliphatic carbocycles. The van der Waals surface area contributed by atoms with E-state index in [0.717, 1.165) is 18.9 Å². The molecule has 1 heterocycles. The Hall–Kier alpha value is -2.65. The van der Waals surface area contributed by atoms with Crippen molar-refractivity contribution in [3.05, 3.63) is 47.3 Å². The number of nitrogens with one attached hydrogen (secondary N) is 1. The summed E-state index contributed by atoms with van der Waals surface area (Å²) in [5, 5.41) is 6.29. The lowest BCUT2D eigenvalue weighted by molar-refractivity contribution is -0.141. The Morgan fingerprint density at radius 2 is 1.93 bits per heavy atom. The van der Waals surface area contributed by atoms with E-state index in [-0.39, 0.29) is 30.3 Å². The van der Waals surface area contributed by atoms with Crippen LogP contribution in [0.25, 0.3) is 0 Å². The van der Waals surface area contributed by atoms with Gasteiger partial charge in [0, 0.05) is 30.3 Å². The van der Waals surface area contributed by atoms with E-state index in [1.807, 2.05) is 0 Å². The van der Waals surface area contributed by atoms with Crippen molar-refractivity contribution in [3.8, 4) is 5.75 Å². The highest BCUT2D eigenvalue weighted by Gasteiger charge is 2.37. The minimum absolute atomic E-state index is 0.0571. The zero-order valence-corrected chi connectivity index (χ0v) is 14.7. The number of carbonyl (C=O) groups excluding carboxylic acids is 1. The number of amides is 1. The summed E-state index contributed by atoms with van der Waals surface area (Å²) in [5.41, 5.74) is -0.0588. The molecule has 10 heteroatoms. The van der Waals surface area contributed by atoms with Gasteiger partial charge >= 0.3 is 12.8 Å². The summed E-state index contributed by atoms with van der Waals surface area (Å²) in [4.78, 5) is 12.0. The molecule has 1 N–H and O–H groups in total. The SMILES string of the molecule is O=C(NCCCn1nc(C(F)(F)F)cc1C1CC1)c1ccc(OC(F)F)cc1. The summed E-state index contributed by atoms with van der Waals surface area (Å²) in [6.45, 7) is -2.46. The quantitative estimate of drug-likeness (QED) is 0.531. The number of halogens is 5. The normalized spacial score (nSPS) is 14.4. The van der Waals surface area contributed by atoms with Crippen molar-refractivity contribution in [3.63, 3.8) is 0 Å². The molecule has 0 bridgehead atoms. The smallest absolute Gasteiger partial charge is 0.435 e. The third-order valence-electron chi connectivity index (χ3n) is 4.27. The fourth-order valence-electron chi connectivity index (χ4n) is 2.78. The van der Waals surface area contributed by atoms with Crippen LogP contribution >= 0.6 is 0 Å². The number of aromatic nitrogens is 2. The van der Waals surface area contributed by atoms with E-state index in [1.165, 1.54) is 28.9 Å². The summed E-state index contributed by atoms with van der Waals surface area (Å²) in [7, 11) is 0. The van der Waals surface area contributed by atoms with Crippen LogP contribution < -0.4 is 10.1 Å². The van der Waals surface area contributed by atoms with Crippen LogP contribution in [0.2, 0.25) is 0 Å². The molecule has 1 aromatic heterocycles. The molecule has 28 heavy (non-hydrogen) atoms. The number of aryl methyl sites for hydroxylation is 1. The second-order valence-corrected chi connectivity index (χ2v) is 6.46. The van der Waals surface area contributed by atoms with Crippen LogP contribution in [0.1, 0.15) is 46.9 Å². The first kappa shape index (κ1) is 20.1. The number of carbonyl (C=O) groups is 1. The highest BCUT2D eigenvalue weighted by atomic mass is 19.4. The molecule has 0 saturated heterocycles. The van der Waals surface area contributed by atoms with Crippen LogP contribution in [0, 0.1) is 0 Å². The van der Waals surface area contributed by atoms with Crippen molar-refractivity contribution in [2.24, 2.45) is 0 Å². The molecule has 1 fully saturated rings. The molecule has 3 rings (SSSR count). The Kier molecular flexibility index (Phi) is 5.85. The second-order valence-electron chi connectivity index (χ2n) is 6.46. The van der Waals surface area contributed by atoms with Gasteiger partial charge in [0.25, 0.3) is 5.91 Å². The molecule has 1 aliphatic rings. The summed E-state index contributed by atoms with van der Waals surface area (Å²) >= 11 is 0. The van der Waals surface area contributed by atoms with E-state index in [1.54, 1.807) is 0 Å². The molecular formula is C18H18F5N3O2. The van der Waals surface area contributed by atoms with E-state index < -0.39 is 24.4 Å². The monoisotopic (exact) mass is 403 g/mol. The maximum absolute atomic E-state index is 12.9. The molecule has 0 atom stereocenters. The summed E-state index contributed by atoms with van der Waals surface area (Å²) in [6, 6.07) is 6.30. The Bertz CT molecular complexity index is 814. The zero-order valence-electron chi connectivity index (χ0n) is 14.7. The minimum Gasteiger partial charge on any atom is -0.435 e. The predicted octanol–water partition coefficient (Wildman–Crippen LogP) is 4.20. The van der Waals surface area contributed by atoms with Gasteiger partial charge in [-0.3, -0.25) is 9.48 Å². The van der Waals surface area contributed by atoms with Crippen molar-refractivity contribution in [2.75, 3.05) is 6.54 Å². The molecule has 5 nitrogen and oxygen atoms in total. The van der Waals surface area contributed by atoms with Crippen molar-refractivity contribution in [1.29, 1.82) is 0 Å². The predicted molar refractivity (Wildman–Crippen MR) is 89.2 cm³/mol. The summed E-state index contributed by atoms with van der Waals surface area (Å²) < 4.78 is 68.4. The van der Waals surface area contributed by atoms with E-state index >= 15 is 0 Å². The van der Waals surface area contributed by atoms with Crippen molar-refractivity contribution in [2.45, 2.75) is 44.5 Å². The number of alkyl halides is 5. The first-order valence-electron chi connectivity index (χ1n) is 8.72. The Morgan fingerprint density at radius 3 is 2.50 bits per heavy atom. The molecule has 152 valence electrons. The molecule has 0 radical (unpaired) electrons. The average molecular weight is 403 g/mol. The van der Waals surface area contributed by atoms with E-state index in [2.05, 4.69) is 15.2 Å². The van der Waals surface area contributed by atoms with Crippen LogP contribution in [0.15, 0.2) is 30.3 Å². The van der Waals surface area contributed by atoms with Crippen LogP contribution in [-0.4, -0.2) is 28.8 Å². The van der Waals surface area contributed by atoms with Crippen LogP contribution in [-0.2, 0) is 12.7 Å². The first-order chi connectivity index (χ1) is 13.2. The van der Waals surface area contributed by atoms with Gasteiger partial charge < -0.3 is 10.1 Å². The Labute approximate surface area is 157 Å². The number of rotatable bonds is 8. The van der Waals surface area contributed by atoms with Crippen molar-refractivity contribution >= 4 is 5.91 Å². The maximum atomic E-state index is 12.9. The maximum Gasteiger partial charge on any atom is 0.435 e. The Morgan fingerprint density at radius 1 is 1.25 bits per heavy atom. The summed E-state index contributed by atoms with van der Waals surface area (Å²) in [6.07, 6.45) is -2.38. The third-order valence-corrected chi connectivity index (χ3v) is 4.27. The summed E-state index contributed by atoms with van der Waals surface area (Å²) in [5.74, 6) is -0.354. The van der Waals surface area contributed by atoms with Gasteiger partial charge in [-0.2, -0.15) is 27.1 Å². The van der Waals surface area contributed by atoms with Crippen LogP contribution in [0.4, 0.5) is 22.0 Å².